The molecule has 1 N–H and O–H groups in total. The van der Waals surface area contributed by atoms with E-state index in [4.69, 9.17) is 0 Å². The highest BCUT2D eigenvalue weighted by molar-refractivity contribution is 7.15. The molecule has 0 radical (unpaired) electrons. The maximum Gasteiger partial charge on any atom is 0.226 e. The molecule has 2 heterocycles. The van der Waals surface area contributed by atoms with E-state index in [2.05, 4.69) is 17.2 Å². The fourth-order valence-corrected chi connectivity index (χ4v) is 4.54. The van der Waals surface area contributed by atoms with E-state index in [0.717, 1.165) is 28.3 Å². The molecule has 1 aliphatic rings. The molecule has 4 rings (SSSR count). The summed E-state index contributed by atoms with van der Waals surface area (Å²) in [5, 5.41) is 5.19. The number of hydrogen-bond donors (Lipinski definition) is 1. The molecule has 136 valence electrons. The lowest BCUT2D eigenvalue weighted by molar-refractivity contribution is -0.121. The Labute approximate surface area is 156 Å². The number of aromatic nitrogens is 2. The molecule has 0 saturated heterocycles. The van der Waals surface area contributed by atoms with Gasteiger partial charge in [0.25, 0.3) is 0 Å². The fourth-order valence-electron chi connectivity index (χ4n) is 3.67. The Bertz CT molecular complexity index is 915. The number of benzene rings is 1. The molecule has 2 unspecified atom stereocenters. The average Bonchev–Trinajstić information content (AvgIpc) is 3.20. The standard InChI is InChI=1S/C20H22FN3OS/c1-13-4-2-3-5-17(13)22-19(25)10-16-12-26-20-23-18(11-24(16)20)14-6-8-15(21)9-7-14/h6-9,11-13,17H,2-5,10H2,1H3,(H,22,25). The molecule has 2 aromatic heterocycles. The van der Waals surface area contributed by atoms with Crippen LogP contribution in [0, 0.1) is 11.7 Å². The highest BCUT2D eigenvalue weighted by atomic mass is 32.1. The number of thiazole rings is 1. The third-order valence-corrected chi connectivity index (χ3v) is 6.11. The molecule has 1 aliphatic carbocycles. The first-order valence-corrected chi connectivity index (χ1v) is 9.99. The zero-order chi connectivity index (χ0) is 18.1. The zero-order valence-electron chi connectivity index (χ0n) is 14.7. The number of rotatable bonds is 4. The lowest BCUT2D eigenvalue weighted by Crippen LogP contribution is -2.41. The second-order valence-electron chi connectivity index (χ2n) is 7.13. The van der Waals surface area contributed by atoms with Crippen molar-refractivity contribution in [3.63, 3.8) is 0 Å². The average molecular weight is 371 g/mol. The summed E-state index contributed by atoms with van der Waals surface area (Å²) in [4.78, 5) is 17.9. The molecule has 1 aromatic carbocycles. The van der Waals surface area contributed by atoms with Crippen molar-refractivity contribution in [2.24, 2.45) is 5.92 Å². The Balaban J connectivity index is 1.50. The first-order chi connectivity index (χ1) is 12.6. The largest absolute Gasteiger partial charge is 0.353 e. The van der Waals surface area contributed by atoms with Crippen LogP contribution in [0.2, 0.25) is 0 Å². The number of fused-ring (bicyclic) bond motifs is 1. The molecule has 1 amide bonds. The number of carbonyl (C=O) groups excluding carboxylic acids is 1. The first kappa shape index (κ1) is 17.2. The van der Waals surface area contributed by atoms with Crippen molar-refractivity contribution in [2.75, 3.05) is 0 Å². The summed E-state index contributed by atoms with van der Waals surface area (Å²) in [5.41, 5.74) is 2.60. The number of amides is 1. The van der Waals surface area contributed by atoms with Crippen molar-refractivity contribution in [1.82, 2.24) is 14.7 Å². The van der Waals surface area contributed by atoms with Crippen molar-refractivity contribution in [3.05, 3.63) is 47.4 Å². The lowest BCUT2D eigenvalue weighted by Gasteiger charge is -2.29. The summed E-state index contributed by atoms with van der Waals surface area (Å²) in [6.07, 6.45) is 7.00. The number of nitrogens with one attached hydrogen (secondary N) is 1. The minimum atomic E-state index is -0.260. The summed E-state index contributed by atoms with van der Waals surface area (Å²) < 4.78 is 15.1. The summed E-state index contributed by atoms with van der Waals surface area (Å²) in [7, 11) is 0. The molecule has 3 aromatic rings. The van der Waals surface area contributed by atoms with Gasteiger partial charge in [0, 0.05) is 28.9 Å². The van der Waals surface area contributed by atoms with Gasteiger partial charge in [-0.05, 0) is 43.0 Å². The molecule has 0 bridgehead atoms. The van der Waals surface area contributed by atoms with E-state index < -0.39 is 0 Å². The number of carbonyl (C=O) groups is 1. The second-order valence-corrected chi connectivity index (χ2v) is 7.96. The summed E-state index contributed by atoms with van der Waals surface area (Å²) >= 11 is 1.52. The number of halogens is 1. The quantitative estimate of drug-likeness (QED) is 0.737. The van der Waals surface area contributed by atoms with Crippen LogP contribution in [0.1, 0.15) is 38.3 Å². The molecule has 1 fully saturated rings. The van der Waals surface area contributed by atoms with Crippen LogP contribution in [0.4, 0.5) is 4.39 Å². The van der Waals surface area contributed by atoms with Gasteiger partial charge in [-0.25, -0.2) is 9.37 Å². The van der Waals surface area contributed by atoms with E-state index in [-0.39, 0.29) is 11.7 Å². The van der Waals surface area contributed by atoms with Crippen LogP contribution in [-0.2, 0) is 11.2 Å². The van der Waals surface area contributed by atoms with Crippen LogP contribution >= 0.6 is 11.3 Å². The number of hydrogen-bond acceptors (Lipinski definition) is 3. The number of imidazole rings is 1. The Hall–Kier alpha value is -2.21. The lowest BCUT2D eigenvalue weighted by atomic mass is 9.86. The van der Waals surface area contributed by atoms with E-state index in [1.807, 2.05) is 16.0 Å². The van der Waals surface area contributed by atoms with E-state index in [0.29, 0.717) is 18.4 Å². The SMILES string of the molecule is CC1CCCCC1NC(=O)Cc1csc2nc(-c3ccc(F)cc3)cn12. The molecule has 2 atom stereocenters. The molecular formula is C20H22FN3OS. The molecular weight excluding hydrogens is 349 g/mol. The predicted octanol–water partition coefficient (Wildman–Crippen LogP) is 4.44. The molecule has 4 nitrogen and oxygen atoms in total. The third-order valence-electron chi connectivity index (χ3n) is 5.22. The van der Waals surface area contributed by atoms with Crippen molar-refractivity contribution >= 4 is 22.2 Å². The Kier molecular flexibility index (Phi) is 4.76. The van der Waals surface area contributed by atoms with E-state index >= 15 is 0 Å². The maximum atomic E-state index is 13.1. The van der Waals surface area contributed by atoms with Crippen LogP contribution in [0.5, 0.6) is 0 Å². The Morgan fingerprint density at radius 2 is 2.08 bits per heavy atom. The van der Waals surface area contributed by atoms with Gasteiger partial charge in [0.05, 0.1) is 12.1 Å². The van der Waals surface area contributed by atoms with Crippen LogP contribution in [-0.4, -0.2) is 21.3 Å². The monoisotopic (exact) mass is 371 g/mol. The van der Waals surface area contributed by atoms with E-state index in [9.17, 15) is 9.18 Å². The van der Waals surface area contributed by atoms with Gasteiger partial charge in [0.15, 0.2) is 4.96 Å². The van der Waals surface area contributed by atoms with Crippen molar-refractivity contribution in [3.8, 4) is 11.3 Å². The molecule has 26 heavy (non-hydrogen) atoms. The van der Waals surface area contributed by atoms with Gasteiger partial charge in [0.1, 0.15) is 5.82 Å². The molecule has 0 spiro atoms. The van der Waals surface area contributed by atoms with Crippen molar-refractivity contribution < 1.29 is 9.18 Å². The second kappa shape index (κ2) is 7.19. The minimum absolute atomic E-state index is 0.0699. The third kappa shape index (κ3) is 3.51. The van der Waals surface area contributed by atoms with Gasteiger partial charge in [-0.1, -0.05) is 19.8 Å². The van der Waals surface area contributed by atoms with Crippen LogP contribution < -0.4 is 5.32 Å². The molecule has 1 saturated carbocycles. The Morgan fingerprint density at radius 3 is 2.85 bits per heavy atom. The van der Waals surface area contributed by atoms with Gasteiger partial charge in [-0.2, -0.15) is 0 Å². The maximum absolute atomic E-state index is 13.1. The van der Waals surface area contributed by atoms with Crippen LogP contribution in [0.15, 0.2) is 35.8 Å². The van der Waals surface area contributed by atoms with Gasteiger partial charge in [-0.15, -0.1) is 11.3 Å². The Morgan fingerprint density at radius 1 is 1.31 bits per heavy atom. The summed E-state index contributed by atoms with van der Waals surface area (Å²) in [5.74, 6) is 0.359. The number of nitrogens with zero attached hydrogens (tertiary/aromatic N) is 2. The van der Waals surface area contributed by atoms with Crippen LogP contribution in [0.3, 0.4) is 0 Å². The van der Waals surface area contributed by atoms with Crippen molar-refractivity contribution in [2.45, 2.75) is 45.1 Å². The summed E-state index contributed by atoms with van der Waals surface area (Å²) in [6.45, 7) is 2.22. The highest BCUT2D eigenvalue weighted by Crippen LogP contribution is 2.25. The topological polar surface area (TPSA) is 46.4 Å². The smallest absolute Gasteiger partial charge is 0.226 e. The van der Waals surface area contributed by atoms with Gasteiger partial charge >= 0.3 is 0 Å². The van der Waals surface area contributed by atoms with Crippen molar-refractivity contribution in [1.29, 1.82) is 0 Å². The predicted molar refractivity (Wildman–Crippen MR) is 102 cm³/mol. The zero-order valence-corrected chi connectivity index (χ0v) is 15.6. The minimum Gasteiger partial charge on any atom is -0.353 e. The van der Waals surface area contributed by atoms with E-state index in [1.54, 1.807) is 12.1 Å². The highest BCUT2D eigenvalue weighted by Gasteiger charge is 2.23. The summed E-state index contributed by atoms with van der Waals surface area (Å²) in [6, 6.07) is 6.60. The fraction of sp³-hybridized carbons (Fsp3) is 0.400. The van der Waals surface area contributed by atoms with Gasteiger partial charge in [-0.3, -0.25) is 9.20 Å². The van der Waals surface area contributed by atoms with Gasteiger partial charge in [0.2, 0.25) is 5.91 Å². The molecule has 0 aliphatic heterocycles. The van der Waals surface area contributed by atoms with E-state index in [1.165, 1.54) is 42.7 Å². The van der Waals surface area contributed by atoms with Gasteiger partial charge < -0.3 is 5.32 Å². The first-order valence-electron chi connectivity index (χ1n) is 9.11. The van der Waals surface area contributed by atoms with Crippen LogP contribution in [0.25, 0.3) is 16.2 Å². The normalized spacial score (nSPS) is 20.4. The molecule has 6 heteroatoms.